The molecule has 0 aromatic carbocycles. The first-order chi connectivity index (χ1) is 29.1. The van der Waals surface area contributed by atoms with Crippen molar-refractivity contribution in [2.75, 3.05) is 54.1 Å². The number of hydrogen-bond donors (Lipinski definition) is 0. The molecule has 0 heterocycles. The van der Waals surface area contributed by atoms with Gasteiger partial charge in [0.1, 0.15) is 19.3 Å². The number of unbranched alkanes of at least 4 members (excludes halogenated alkanes) is 27. The van der Waals surface area contributed by atoms with E-state index in [0.29, 0.717) is 24.1 Å². The number of likely N-dealkylation sites (N-methyl/N-ethyl adjacent to an activating group) is 1. The van der Waals surface area contributed by atoms with Gasteiger partial charge in [-0.1, -0.05) is 185 Å². The zero-order chi connectivity index (χ0) is 44.1. The highest BCUT2D eigenvalue weighted by atomic mass is 31.2. The lowest BCUT2D eigenvalue weighted by Gasteiger charge is -2.28. The summed E-state index contributed by atoms with van der Waals surface area (Å²) in [7, 11) is 1.35. The van der Waals surface area contributed by atoms with Crippen molar-refractivity contribution >= 4 is 13.8 Å². The summed E-state index contributed by atoms with van der Waals surface area (Å²) in [4.78, 5) is 25.1. The van der Waals surface area contributed by atoms with E-state index in [4.69, 9.17) is 18.5 Å². The Hall–Kier alpha value is -1.28. The molecule has 8 nitrogen and oxygen atoms in total. The van der Waals surface area contributed by atoms with Gasteiger partial charge in [0.15, 0.2) is 0 Å². The Morgan fingerprint density at radius 3 is 1.38 bits per heavy atom. The van der Waals surface area contributed by atoms with Crippen LogP contribution in [0.15, 0.2) is 36.5 Å². The van der Waals surface area contributed by atoms with Crippen LogP contribution in [0.1, 0.15) is 226 Å². The van der Waals surface area contributed by atoms with Crippen molar-refractivity contribution in [1.82, 2.24) is 0 Å². The Morgan fingerprint density at radius 2 is 0.917 bits per heavy atom. The third kappa shape index (κ3) is 47.8. The molecule has 0 N–H and O–H groups in total. The Labute approximate surface area is 372 Å². The molecule has 0 rings (SSSR count). The molecule has 0 radical (unpaired) electrons. The minimum Gasteiger partial charge on any atom is -0.756 e. The van der Waals surface area contributed by atoms with E-state index in [2.05, 4.69) is 50.3 Å². The number of phosphoric acid groups is 1. The molecule has 354 valence electrons. The van der Waals surface area contributed by atoms with E-state index in [-0.39, 0.29) is 25.8 Å². The number of carbonyl (C=O) groups excluding carboxylic acids is 1. The standard InChI is InChI=1S/C51H98NO7P/c1-6-8-10-12-14-16-18-20-22-24-25-26-27-28-29-31-33-35-37-39-41-43-46-56-48-50(49-58-60(54,55)57-47-45-52(3,4)5)59-51(53)44-42-40-38-36-34-32-30-23-21-19-17-15-13-11-9-7-2/h17,19,23-25,30,50H,6-16,18,20-22,26-29,31-49H2,1-5H3/b19-17-,25-24-,30-23-. The van der Waals surface area contributed by atoms with Crippen LogP contribution in [-0.4, -0.2) is 70.7 Å². The third-order valence-electron chi connectivity index (χ3n) is 10.9. The minimum absolute atomic E-state index is 0.0233. The molecular formula is C51H98NO7P. The second-order valence-corrected chi connectivity index (χ2v) is 19.6. The van der Waals surface area contributed by atoms with E-state index in [1.165, 1.54) is 148 Å². The highest BCUT2D eigenvalue weighted by Crippen LogP contribution is 2.38. The van der Waals surface area contributed by atoms with Crippen molar-refractivity contribution in [1.29, 1.82) is 0 Å². The van der Waals surface area contributed by atoms with Crippen molar-refractivity contribution in [3.05, 3.63) is 36.5 Å². The predicted octanol–water partition coefficient (Wildman–Crippen LogP) is 14.7. The van der Waals surface area contributed by atoms with Crippen molar-refractivity contribution < 1.29 is 37.3 Å². The van der Waals surface area contributed by atoms with Gasteiger partial charge in [0, 0.05) is 13.0 Å². The molecule has 0 aromatic rings. The summed E-state index contributed by atoms with van der Waals surface area (Å²) < 4.78 is 34.7. The number of ether oxygens (including phenoxy) is 2. The predicted molar refractivity (Wildman–Crippen MR) is 254 cm³/mol. The maximum atomic E-state index is 12.7. The van der Waals surface area contributed by atoms with Gasteiger partial charge in [-0.05, 0) is 70.6 Å². The molecule has 0 fully saturated rings. The van der Waals surface area contributed by atoms with Crippen LogP contribution in [0, 0.1) is 0 Å². The molecule has 9 heteroatoms. The summed E-state index contributed by atoms with van der Waals surface area (Å²) in [6.45, 7) is 5.40. The SMILES string of the molecule is CCCCCC/C=C\C/C=C\CCCCCCCC(=O)OC(COCCCCCCCCCCCC/C=C\CCCCCCCCCC)COP(=O)([O-])OCC[N+](C)(C)C. The zero-order valence-corrected chi connectivity index (χ0v) is 41.1. The average molecular weight is 868 g/mol. The summed E-state index contributed by atoms with van der Waals surface area (Å²) in [6.07, 6.45) is 53.1. The van der Waals surface area contributed by atoms with Gasteiger partial charge in [0.2, 0.25) is 0 Å². The van der Waals surface area contributed by atoms with Crippen LogP contribution in [0.2, 0.25) is 0 Å². The first kappa shape index (κ1) is 58.7. The Kier molecular flexibility index (Phi) is 43.4. The van der Waals surface area contributed by atoms with Crippen molar-refractivity contribution in [2.45, 2.75) is 232 Å². The molecule has 0 aliphatic heterocycles. The fraction of sp³-hybridized carbons (Fsp3) is 0.863. The fourth-order valence-corrected chi connectivity index (χ4v) is 7.71. The van der Waals surface area contributed by atoms with Crippen molar-refractivity contribution in [2.24, 2.45) is 0 Å². The molecule has 0 amide bonds. The molecule has 60 heavy (non-hydrogen) atoms. The van der Waals surface area contributed by atoms with Gasteiger partial charge < -0.3 is 27.9 Å². The quantitative estimate of drug-likeness (QED) is 0.0198. The second-order valence-electron chi connectivity index (χ2n) is 18.2. The van der Waals surface area contributed by atoms with Crippen LogP contribution >= 0.6 is 7.82 Å². The van der Waals surface area contributed by atoms with Crippen LogP contribution in [-0.2, 0) is 27.9 Å². The molecule has 0 aliphatic carbocycles. The second kappa shape index (κ2) is 44.3. The van der Waals surface area contributed by atoms with Crippen LogP contribution < -0.4 is 4.89 Å². The highest BCUT2D eigenvalue weighted by molar-refractivity contribution is 7.45. The summed E-state index contributed by atoms with van der Waals surface area (Å²) in [5.41, 5.74) is 0. The molecule has 0 aliphatic rings. The summed E-state index contributed by atoms with van der Waals surface area (Å²) in [5, 5.41) is 0. The topological polar surface area (TPSA) is 94.1 Å². The molecule has 0 bridgehead atoms. The number of hydrogen-bond acceptors (Lipinski definition) is 7. The first-order valence-electron chi connectivity index (χ1n) is 25.2. The van der Waals surface area contributed by atoms with Crippen molar-refractivity contribution in [3.8, 4) is 0 Å². The van der Waals surface area contributed by atoms with E-state index in [9.17, 15) is 14.3 Å². The largest absolute Gasteiger partial charge is 0.756 e. The number of nitrogens with zero attached hydrogens (tertiary/aromatic N) is 1. The Balaban J connectivity index is 4.14. The Morgan fingerprint density at radius 1 is 0.517 bits per heavy atom. The molecule has 0 spiro atoms. The van der Waals surface area contributed by atoms with Gasteiger partial charge in [0.25, 0.3) is 7.82 Å². The lowest BCUT2D eigenvalue weighted by Crippen LogP contribution is -2.37. The van der Waals surface area contributed by atoms with Crippen LogP contribution in [0.5, 0.6) is 0 Å². The molecule has 0 saturated carbocycles. The number of phosphoric ester groups is 1. The lowest BCUT2D eigenvalue weighted by molar-refractivity contribution is -0.870. The third-order valence-corrected chi connectivity index (χ3v) is 11.9. The van der Waals surface area contributed by atoms with E-state index in [1.54, 1.807) is 0 Å². The van der Waals surface area contributed by atoms with Crippen LogP contribution in [0.3, 0.4) is 0 Å². The molecule has 0 aromatic heterocycles. The number of carbonyl (C=O) groups is 1. The number of quaternary nitrogens is 1. The Bertz CT molecular complexity index is 1060. The summed E-state index contributed by atoms with van der Waals surface area (Å²) in [6, 6.07) is 0. The minimum atomic E-state index is -4.53. The molecule has 2 unspecified atom stereocenters. The number of allylic oxidation sites excluding steroid dienone is 6. The molecule has 0 saturated heterocycles. The van der Waals surface area contributed by atoms with Gasteiger partial charge >= 0.3 is 5.97 Å². The van der Waals surface area contributed by atoms with E-state index in [1.807, 2.05) is 21.1 Å². The van der Waals surface area contributed by atoms with Crippen LogP contribution in [0.4, 0.5) is 0 Å². The van der Waals surface area contributed by atoms with Gasteiger partial charge in [-0.25, -0.2) is 0 Å². The van der Waals surface area contributed by atoms with Crippen LogP contribution in [0.25, 0.3) is 0 Å². The van der Waals surface area contributed by atoms with E-state index >= 15 is 0 Å². The molecule has 2 atom stereocenters. The van der Waals surface area contributed by atoms with Crippen molar-refractivity contribution in [3.63, 3.8) is 0 Å². The first-order valence-corrected chi connectivity index (χ1v) is 26.7. The number of rotatable bonds is 47. The van der Waals surface area contributed by atoms with E-state index < -0.39 is 13.9 Å². The number of esters is 1. The lowest BCUT2D eigenvalue weighted by atomic mass is 10.1. The van der Waals surface area contributed by atoms with Gasteiger partial charge in [0.05, 0.1) is 34.4 Å². The maximum Gasteiger partial charge on any atom is 0.306 e. The van der Waals surface area contributed by atoms with Gasteiger partial charge in [-0.15, -0.1) is 0 Å². The average Bonchev–Trinajstić information content (AvgIpc) is 3.20. The monoisotopic (exact) mass is 868 g/mol. The highest BCUT2D eigenvalue weighted by Gasteiger charge is 2.20. The molecular weight excluding hydrogens is 770 g/mol. The van der Waals surface area contributed by atoms with E-state index in [0.717, 1.165) is 57.8 Å². The van der Waals surface area contributed by atoms with Gasteiger partial charge in [-0.2, -0.15) is 0 Å². The maximum absolute atomic E-state index is 12.7. The fourth-order valence-electron chi connectivity index (χ4n) is 6.98. The zero-order valence-electron chi connectivity index (χ0n) is 40.2. The smallest absolute Gasteiger partial charge is 0.306 e. The normalized spacial score (nSPS) is 13.9. The summed E-state index contributed by atoms with van der Waals surface area (Å²) >= 11 is 0. The summed E-state index contributed by atoms with van der Waals surface area (Å²) in [5.74, 6) is -0.346. The van der Waals surface area contributed by atoms with Gasteiger partial charge in [-0.3, -0.25) is 9.36 Å².